The van der Waals surface area contributed by atoms with Crippen LogP contribution in [0, 0.1) is 0 Å². The van der Waals surface area contributed by atoms with Crippen LogP contribution < -0.4 is 16.6 Å². The maximum absolute atomic E-state index is 5.08. The summed E-state index contributed by atoms with van der Waals surface area (Å²) >= 11 is 0. The summed E-state index contributed by atoms with van der Waals surface area (Å²) in [6.07, 6.45) is 4.21. The number of hydrogen-bond acceptors (Lipinski definition) is 3. The SMILES string of the molecule is NNC[C@@H]1C=CCN1. The van der Waals surface area contributed by atoms with E-state index in [0.717, 1.165) is 13.1 Å². The van der Waals surface area contributed by atoms with Crippen LogP contribution in [0.3, 0.4) is 0 Å². The van der Waals surface area contributed by atoms with Gasteiger partial charge in [-0.15, -0.1) is 0 Å². The van der Waals surface area contributed by atoms with Gasteiger partial charge in [0.15, 0.2) is 0 Å². The highest BCUT2D eigenvalue weighted by Crippen LogP contribution is 1.90. The molecule has 0 unspecified atom stereocenters. The van der Waals surface area contributed by atoms with E-state index in [0.29, 0.717) is 6.04 Å². The third-order valence-corrected chi connectivity index (χ3v) is 1.20. The van der Waals surface area contributed by atoms with E-state index < -0.39 is 0 Å². The lowest BCUT2D eigenvalue weighted by Crippen LogP contribution is -2.37. The minimum absolute atomic E-state index is 0.444. The first-order chi connectivity index (χ1) is 3.93. The van der Waals surface area contributed by atoms with Crippen LogP contribution in [0.4, 0.5) is 0 Å². The van der Waals surface area contributed by atoms with Crippen molar-refractivity contribution in [3.8, 4) is 0 Å². The molecule has 0 aliphatic carbocycles. The van der Waals surface area contributed by atoms with Crippen molar-refractivity contribution in [3.63, 3.8) is 0 Å². The highest BCUT2D eigenvalue weighted by molar-refractivity contribution is 5.02. The predicted molar refractivity (Wildman–Crippen MR) is 33.1 cm³/mol. The van der Waals surface area contributed by atoms with Crippen LogP contribution in [-0.4, -0.2) is 19.1 Å². The smallest absolute Gasteiger partial charge is 0.0393 e. The Hall–Kier alpha value is -0.380. The monoisotopic (exact) mass is 113 g/mol. The average molecular weight is 113 g/mol. The molecule has 4 N–H and O–H groups in total. The molecule has 1 heterocycles. The molecule has 0 spiro atoms. The molecule has 0 aromatic rings. The summed E-state index contributed by atoms with van der Waals surface area (Å²) in [6, 6.07) is 0.444. The Balaban J connectivity index is 2.16. The Morgan fingerprint density at radius 1 is 1.88 bits per heavy atom. The first-order valence-corrected chi connectivity index (χ1v) is 2.77. The van der Waals surface area contributed by atoms with Crippen LogP contribution in [0.15, 0.2) is 12.2 Å². The topological polar surface area (TPSA) is 50.1 Å². The van der Waals surface area contributed by atoms with Crippen molar-refractivity contribution in [1.82, 2.24) is 10.7 Å². The molecule has 0 fully saturated rings. The summed E-state index contributed by atoms with van der Waals surface area (Å²) in [6.45, 7) is 1.79. The maximum Gasteiger partial charge on any atom is 0.0393 e. The average Bonchev–Trinajstić information content (AvgIpc) is 2.19. The largest absolute Gasteiger partial charge is 0.306 e. The van der Waals surface area contributed by atoms with Crippen LogP contribution in [0.25, 0.3) is 0 Å². The van der Waals surface area contributed by atoms with E-state index in [1.54, 1.807) is 0 Å². The van der Waals surface area contributed by atoms with E-state index in [9.17, 15) is 0 Å². The predicted octanol–water partition coefficient (Wildman–Crippen LogP) is -1.02. The summed E-state index contributed by atoms with van der Waals surface area (Å²) in [5.41, 5.74) is 2.60. The number of nitrogens with two attached hydrogens (primary N) is 1. The van der Waals surface area contributed by atoms with Gasteiger partial charge in [-0.2, -0.15) is 0 Å². The second kappa shape index (κ2) is 2.81. The molecule has 1 rings (SSSR count). The standard InChI is InChI=1S/C5H11N3/c6-8-4-5-2-1-3-7-5/h1-2,5,7-8H,3-4,6H2/t5-/m0/s1. The Labute approximate surface area is 48.9 Å². The fourth-order valence-electron chi connectivity index (χ4n) is 0.787. The van der Waals surface area contributed by atoms with E-state index in [4.69, 9.17) is 5.84 Å². The zero-order chi connectivity index (χ0) is 5.82. The van der Waals surface area contributed by atoms with Gasteiger partial charge in [-0.3, -0.25) is 11.3 Å². The third kappa shape index (κ3) is 1.30. The Kier molecular flexibility index (Phi) is 2.02. The summed E-state index contributed by atoms with van der Waals surface area (Å²) in [5, 5.41) is 3.20. The molecule has 0 saturated heterocycles. The molecular formula is C5H11N3. The van der Waals surface area contributed by atoms with Gasteiger partial charge >= 0.3 is 0 Å². The molecule has 1 atom stereocenters. The molecule has 8 heavy (non-hydrogen) atoms. The molecule has 0 aromatic heterocycles. The number of nitrogens with one attached hydrogen (secondary N) is 2. The quantitative estimate of drug-likeness (QED) is 0.244. The van der Waals surface area contributed by atoms with E-state index >= 15 is 0 Å². The first kappa shape index (κ1) is 5.75. The fraction of sp³-hybridized carbons (Fsp3) is 0.600. The minimum atomic E-state index is 0.444. The summed E-state index contributed by atoms with van der Waals surface area (Å²) in [5.74, 6) is 5.08. The summed E-state index contributed by atoms with van der Waals surface area (Å²) < 4.78 is 0. The van der Waals surface area contributed by atoms with Gasteiger partial charge in [-0.25, -0.2) is 0 Å². The molecule has 0 radical (unpaired) electrons. The van der Waals surface area contributed by atoms with Crippen molar-refractivity contribution in [3.05, 3.63) is 12.2 Å². The molecule has 1 aliphatic heterocycles. The molecule has 0 amide bonds. The van der Waals surface area contributed by atoms with Crippen LogP contribution in [0.1, 0.15) is 0 Å². The highest BCUT2D eigenvalue weighted by Gasteiger charge is 2.04. The molecule has 0 saturated carbocycles. The normalized spacial score (nSPS) is 26.9. The van der Waals surface area contributed by atoms with E-state index in [-0.39, 0.29) is 0 Å². The minimum Gasteiger partial charge on any atom is -0.306 e. The van der Waals surface area contributed by atoms with Crippen LogP contribution in [-0.2, 0) is 0 Å². The van der Waals surface area contributed by atoms with Gasteiger partial charge in [-0.05, 0) is 0 Å². The van der Waals surface area contributed by atoms with E-state index in [1.165, 1.54) is 0 Å². The molecule has 0 aromatic carbocycles. The zero-order valence-corrected chi connectivity index (χ0v) is 4.72. The lowest BCUT2D eigenvalue weighted by atomic mass is 10.3. The van der Waals surface area contributed by atoms with Gasteiger partial charge in [-0.1, -0.05) is 12.2 Å². The molecule has 3 nitrogen and oxygen atoms in total. The van der Waals surface area contributed by atoms with Crippen molar-refractivity contribution in [2.45, 2.75) is 6.04 Å². The molecular weight excluding hydrogens is 102 g/mol. The third-order valence-electron chi connectivity index (χ3n) is 1.20. The Morgan fingerprint density at radius 2 is 2.75 bits per heavy atom. The zero-order valence-electron chi connectivity index (χ0n) is 4.72. The molecule has 0 bridgehead atoms. The second-order valence-corrected chi connectivity index (χ2v) is 1.85. The molecule has 46 valence electrons. The van der Waals surface area contributed by atoms with Crippen LogP contribution in [0.2, 0.25) is 0 Å². The fourth-order valence-corrected chi connectivity index (χ4v) is 0.787. The van der Waals surface area contributed by atoms with Gasteiger partial charge in [0.05, 0.1) is 0 Å². The maximum atomic E-state index is 5.08. The van der Waals surface area contributed by atoms with Crippen molar-refractivity contribution >= 4 is 0 Å². The highest BCUT2D eigenvalue weighted by atomic mass is 15.2. The van der Waals surface area contributed by atoms with Crippen molar-refractivity contribution in [2.75, 3.05) is 13.1 Å². The van der Waals surface area contributed by atoms with Crippen molar-refractivity contribution < 1.29 is 0 Å². The number of hydrogen-bond donors (Lipinski definition) is 3. The molecule has 1 aliphatic rings. The van der Waals surface area contributed by atoms with Gasteiger partial charge in [0, 0.05) is 19.1 Å². The van der Waals surface area contributed by atoms with E-state index in [2.05, 4.69) is 22.9 Å². The van der Waals surface area contributed by atoms with Gasteiger partial charge < -0.3 is 5.32 Å². The summed E-state index contributed by atoms with van der Waals surface area (Å²) in [4.78, 5) is 0. The second-order valence-electron chi connectivity index (χ2n) is 1.85. The van der Waals surface area contributed by atoms with Gasteiger partial charge in [0.25, 0.3) is 0 Å². The first-order valence-electron chi connectivity index (χ1n) is 2.77. The molecule has 3 heteroatoms. The number of hydrazine groups is 1. The van der Waals surface area contributed by atoms with E-state index in [1.807, 2.05) is 0 Å². The van der Waals surface area contributed by atoms with Crippen molar-refractivity contribution in [1.29, 1.82) is 0 Å². The van der Waals surface area contributed by atoms with Gasteiger partial charge in [0.2, 0.25) is 0 Å². The summed E-state index contributed by atoms with van der Waals surface area (Å²) in [7, 11) is 0. The lowest BCUT2D eigenvalue weighted by molar-refractivity contribution is 0.596. The number of rotatable bonds is 2. The Bertz CT molecular complexity index is 89.7. The van der Waals surface area contributed by atoms with Crippen LogP contribution in [0.5, 0.6) is 0 Å². The Morgan fingerprint density at radius 3 is 3.25 bits per heavy atom. The van der Waals surface area contributed by atoms with Crippen LogP contribution >= 0.6 is 0 Å². The van der Waals surface area contributed by atoms with Crippen molar-refractivity contribution in [2.24, 2.45) is 5.84 Å². The lowest BCUT2D eigenvalue weighted by Gasteiger charge is -2.05. The van der Waals surface area contributed by atoms with Gasteiger partial charge in [0.1, 0.15) is 0 Å².